The molecule has 10 nitrogen and oxygen atoms in total. The first kappa shape index (κ1) is 29.1. The van der Waals surface area contributed by atoms with E-state index >= 15 is 0 Å². The molecule has 1 saturated heterocycles. The molecule has 0 aromatic heterocycles. The average molecular weight is 588 g/mol. The third-order valence-corrected chi connectivity index (χ3v) is 12.8. The molecular formula is C32H45NO9. The van der Waals surface area contributed by atoms with Crippen LogP contribution in [0.3, 0.4) is 0 Å². The molecule has 3 N–H and O–H groups in total. The number of aliphatic hydroxyl groups is 3. The van der Waals surface area contributed by atoms with Gasteiger partial charge in [-0.25, -0.2) is 4.79 Å². The number of hydrogen-bond donors (Lipinski definition) is 3. The summed E-state index contributed by atoms with van der Waals surface area (Å²) in [5, 5.41) is 37.8. The Bertz CT molecular complexity index is 1220. The van der Waals surface area contributed by atoms with E-state index in [1.165, 1.54) is 7.11 Å². The minimum absolute atomic E-state index is 0.0629. The molecule has 0 amide bonds. The summed E-state index contributed by atoms with van der Waals surface area (Å²) in [6.07, 6.45) is -2.43. The van der Waals surface area contributed by atoms with Crippen molar-refractivity contribution in [1.82, 2.24) is 4.90 Å². The third-order valence-electron chi connectivity index (χ3n) is 12.8. The molecule has 1 aliphatic heterocycles. The van der Waals surface area contributed by atoms with Crippen LogP contribution in [-0.4, -0.2) is 122 Å². The van der Waals surface area contributed by atoms with E-state index in [1.807, 2.05) is 6.07 Å². The Kier molecular flexibility index (Phi) is 6.71. The van der Waals surface area contributed by atoms with Crippen LogP contribution in [0, 0.1) is 34.5 Å². The van der Waals surface area contributed by atoms with E-state index in [0.717, 1.165) is 25.9 Å². The Labute approximate surface area is 247 Å². The molecule has 1 aromatic carbocycles. The molecule has 7 bridgehead atoms. The minimum Gasteiger partial charge on any atom is -0.455 e. The number of carbonyl (C=O) groups excluding carboxylic acids is 1. The van der Waals surface area contributed by atoms with Gasteiger partial charge in [0.1, 0.15) is 29.5 Å². The lowest BCUT2D eigenvalue weighted by molar-refractivity contribution is -0.314. The summed E-state index contributed by atoms with van der Waals surface area (Å²) in [6.45, 7) is 4.18. The zero-order chi connectivity index (χ0) is 29.8. The van der Waals surface area contributed by atoms with Gasteiger partial charge in [-0.2, -0.15) is 0 Å². The van der Waals surface area contributed by atoms with Gasteiger partial charge in [0.15, 0.2) is 0 Å². The number of rotatable bonds is 8. The molecule has 1 spiro atoms. The van der Waals surface area contributed by atoms with Crippen molar-refractivity contribution in [1.29, 1.82) is 0 Å². The van der Waals surface area contributed by atoms with E-state index in [9.17, 15) is 20.1 Å². The Balaban J connectivity index is 1.47. The van der Waals surface area contributed by atoms with Crippen molar-refractivity contribution in [2.24, 2.45) is 34.5 Å². The number of likely N-dealkylation sites (tertiary alicyclic amines) is 1. The second-order valence-corrected chi connectivity index (χ2v) is 13.8. The van der Waals surface area contributed by atoms with E-state index in [2.05, 4.69) is 11.8 Å². The maximum atomic E-state index is 13.5. The predicted molar refractivity (Wildman–Crippen MR) is 150 cm³/mol. The van der Waals surface area contributed by atoms with E-state index in [-0.39, 0.29) is 35.8 Å². The molecule has 0 unspecified atom stereocenters. The first-order chi connectivity index (χ1) is 20.1. The molecule has 6 fully saturated rings. The van der Waals surface area contributed by atoms with Gasteiger partial charge in [0.05, 0.1) is 24.4 Å². The van der Waals surface area contributed by atoms with Crippen molar-refractivity contribution in [3.63, 3.8) is 0 Å². The average Bonchev–Trinajstić information content (AvgIpc) is 3.38. The van der Waals surface area contributed by atoms with Crippen LogP contribution in [0.2, 0.25) is 0 Å². The first-order valence-corrected chi connectivity index (χ1v) is 15.4. The quantitative estimate of drug-likeness (QED) is 0.381. The Morgan fingerprint density at radius 3 is 2.38 bits per heavy atom. The summed E-state index contributed by atoms with van der Waals surface area (Å²) in [5.74, 6) is -2.29. The van der Waals surface area contributed by atoms with Crippen molar-refractivity contribution < 1.29 is 43.8 Å². The zero-order valence-corrected chi connectivity index (χ0v) is 25.1. The molecule has 7 rings (SSSR count). The third kappa shape index (κ3) is 3.15. The van der Waals surface area contributed by atoms with Crippen LogP contribution in [-0.2, 0) is 23.7 Å². The molecular weight excluding hydrogens is 542 g/mol. The molecule has 5 saturated carbocycles. The molecule has 5 aliphatic carbocycles. The summed E-state index contributed by atoms with van der Waals surface area (Å²) >= 11 is 0. The van der Waals surface area contributed by atoms with Crippen LogP contribution in [0.1, 0.15) is 36.5 Å². The van der Waals surface area contributed by atoms with Crippen LogP contribution in [0.25, 0.3) is 0 Å². The SMILES string of the molecule is CCN1C[C@]2(COC)CC[C@H](OC)[C@@]34[C@@H]5C[C@]6(O)[C@H](OC(=O)c7ccccc7)[C@@H]5[C@@](O)([C@@H]([C@H](OC)[C@H]23)[C@@H]14)[C@@H](O)[C@@H]6OC. The fourth-order valence-corrected chi connectivity index (χ4v) is 11.9. The summed E-state index contributed by atoms with van der Waals surface area (Å²) in [5.41, 5.74) is -3.95. The van der Waals surface area contributed by atoms with Crippen molar-refractivity contribution in [3.8, 4) is 0 Å². The highest BCUT2D eigenvalue weighted by Gasteiger charge is 2.90. The number of methoxy groups -OCH3 is 4. The monoisotopic (exact) mass is 587 g/mol. The van der Waals surface area contributed by atoms with Gasteiger partial charge in [0.25, 0.3) is 0 Å². The molecule has 232 valence electrons. The smallest absolute Gasteiger partial charge is 0.338 e. The summed E-state index contributed by atoms with van der Waals surface area (Å²) in [4.78, 5) is 16.0. The summed E-state index contributed by atoms with van der Waals surface area (Å²) in [7, 11) is 6.60. The number of nitrogens with zero attached hydrogens (tertiary/aromatic N) is 1. The van der Waals surface area contributed by atoms with Crippen LogP contribution < -0.4 is 0 Å². The van der Waals surface area contributed by atoms with Gasteiger partial charge in [0, 0.05) is 69.6 Å². The molecule has 1 aromatic rings. The highest BCUT2D eigenvalue weighted by Crippen LogP contribution is 2.80. The lowest BCUT2D eigenvalue weighted by atomic mass is 9.43. The first-order valence-electron chi connectivity index (χ1n) is 15.4. The van der Waals surface area contributed by atoms with Crippen LogP contribution in [0.5, 0.6) is 0 Å². The minimum atomic E-state index is -1.77. The standard InChI is InChI=1S/C32H45NO9/c1-6-33-15-29(16-38-2)13-12-19(39-3)31-18-14-30(36)26(42-28(35)17-10-8-7-9-11-17)20(18)32(37,25(34)27(30)41-5)21(24(31)33)22(40-4)23(29)31/h7-11,18-27,34,36-37H,6,12-16H2,1-5H3/t18-,19+,20-,21+,22+,23-,24-,25+,26-,27+,29+,30+,31+,32-/m1/s1. The number of esters is 1. The van der Waals surface area contributed by atoms with Crippen molar-refractivity contribution in [3.05, 3.63) is 35.9 Å². The summed E-state index contributed by atoms with van der Waals surface area (Å²) in [6, 6.07) is 8.49. The van der Waals surface area contributed by atoms with E-state index in [0.29, 0.717) is 12.2 Å². The number of ether oxygens (including phenoxy) is 5. The Morgan fingerprint density at radius 1 is 1.02 bits per heavy atom. The molecule has 10 heteroatoms. The molecule has 42 heavy (non-hydrogen) atoms. The maximum Gasteiger partial charge on any atom is 0.338 e. The molecule has 0 radical (unpaired) electrons. The molecule has 1 heterocycles. The van der Waals surface area contributed by atoms with E-state index < -0.39 is 58.8 Å². The molecule has 14 atom stereocenters. The Hall–Kier alpha value is -1.63. The number of carbonyl (C=O) groups is 1. The zero-order valence-electron chi connectivity index (χ0n) is 25.1. The van der Waals surface area contributed by atoms with Gasteiger partial charge in [-0.3, -0.25) is 4.90 Å². The Morgan fingerprint density at radius 2 is 1.76 bits per heavy atom. The fourth-order valence-electron chi connectivity index (χ4n) is 11.9. The highest BCUT2D eigenvalue weighted by atomic mass is 16.6. The lowest BCUT2D eigenvalue weighted by Gasteiger charge is -2.69. The second-order valence-electron chi connectivity index (χ2n) is 13.8. The van der Waals surface area contributed by atoms with Gasteiger partial charge >= 0.3 is 5.97 Å². The highest BCUT2D eigenvalue weighted by molar-refractivity contribution is 5.89. The van der Waals surface area contributed by atoms with Gasteiger partial charge in [0.2, 0.25) is 0 Å². The number of piperidine rings is 1. The van der Waals surface area contributed by atoms with Crippen molar-refractivity contribution in [2.75, 3.05) is 48.1 Å². The van der Waals surface area contributed by atoms with Gasteiger partial charge in [-0.1, -0.05) is 25.1 Å². The predicted octanol–water partition coefficient (Wildman–Crippen LogP) is 1.11. The van der Waals surface area contributed by atoms with Crippen LogP contribution in [0.4, 0.5) is 0 Å². The lowest BCUT2D eigenvalue weighted by Crippen LogP contribution is -2.80. The second kappa shape index (κ2) is 9.68. The molecule has 6 aliphatic rings. The maximum absolute atomic E-state index is 13.5. The van der Waals surface area contributed by atoms with Crippen LogP contribution >= 0.6 is 0 Å². The van der Waals surface area contributed by atoms with Gasteiger partial charge in [-0.05, 0) is 43.9 Å². The number of aliphatic hydroxyl groups excluding tert-OH is 1. The van der Waals surface area contributed by atoms with E-state index in [4.69, 9.17) is 23.7 Å². The van der Waals surface area contributed by atoms with Gasteiger partial charge in [-0.15, -0.1) is 0 Å². The van der Waals surface area contributed by atoms with Crippen molar-refractivity contribution >= 4 is 5.97 Å². The number of benzene rings is 1. The largest absolute Gasteiger partial charge is 0.455 e. The van der Waals surface area contributed by atoms with Crippen LogP contribution in [0.15, 0.2) is 30.3 Å². The number of hydrogen-bond acceptors (Lipinski definition) is 10. The topological polar surface area (TPSA) is 127 Å². The number of fused-ring (bicyclic) bond motifs is 2. The fraction of sp³-hybridized carbons (Fsp3) is 0.781. The summed E-state index contributed by atoms with van der Waals surface area (Å²) < 4.78 is 30.8. The van der Waals surface area contributed by atoms with Crippen molar-refractivity contribution in [2.45, 2.75) is 73.9 Å². The van der Waals surface area contributed by atoms with Gasteiger partial charge < -0.3 is 39.0 Å². The normalized spacial score (nSPS) is 51.9. The van der Waals surface area contributed by atoms with E-state index in [1.54, 1.807) is 45.6 Å².